The summed E-state index contributed by atoms with van der Waals surface area (Å²) in [5.74, 6) is 0. The minimum Gasteiger partial charge on any atom is -0.385 e. The zero-order valence-corrected chi connectivity index (χ0v) is 11.1. The van der Waals surface area contributed by atoms with Crippen LogP contribution in [-0.2, 0) is 14.8 Å². The molecule has 16 heavy (non-hydrogen) atoms. The van der Waals surface area contributed by atoms with Gasteiger partial charge in [0.1, 0.15) is 0 Å². The van der Waals surface area contributed by atoms with Gasteiger partial charge in [0.15, 0.2) is 0 Å². The third-order valence-electron chi connectivity index (χ3n) is 2.49. The topological polar surface area (TPSA) is 81.4 Å². The second kappa shape index (κ2) is 8.92. The number of sulfonamides is 1. The van der Waals surface area contributed by atoms with Crippen LogP contribution in [0.4, 0.5) is 0 Å². The molecule has 0 rings (SSSR count). The Labute approximate surface area is 98.8 Å². The molecule has 0 amide bonds. The molecule has 0 aromatic rings. The molecule has 0 saturated carbocycles. The van der Waals surface area contributed by atoms with Crippen LogP contribution < -0.4 is 10.5 Å². The Bertz CT molecular complexity index is 251. The van der Waals surface area contributed by atoms with Crippen LogP contribution in [0.1, 0.15) is 32.6 Å². The number of hydrogen-bond donors (Lipinski definition) is 2. The summed E-state index contributed by atoms with van der Waals surface area (Å²) in [6.45, 7) is 3.22. The number of methoxy groups -OCH3 is 1. The summed E-state index contributed by atoms with van der Waals surface area (Å²) >= 11 is 0. The minimum atomic E-state index is -3.22. The van der Waals surface area contributed by atoms with Gasteiger partial charge in [-0.3, -0.25) is 0 Å². The van der Waals surface area contributed by atoms with E-state index in [1.165, 1.54) is 0 Å². The maximum atomic E-state index is 11.7. The Morgan fingerprint density at radius 1 is 1.31 bits per heavy atom. The Morgan fingerprint density at radius 2 is 2.00 bits per heavy atom. The summed E-state index contributed by atoms with van der Waals surface area (Å²) in [7, 11) is -1.56. The van der Waals surface area contributed by atoms with Crippen LogP contribution in [-0.4, -0.2) is 40.5 Å². The van der Waals surface area contributed by atoms with Gasteiger partial charge in [-0.1, -0.05) is 6.92 Å². The molecule has 0 aromatic heterocycles. The van der Waals surface area contributed by atoms with E-state index in [1.54, 1.807) is 7.11 Å². The van der Waals surface area contributed by atoms with Crippen molar-refractivity contribution in [3.63, 3.8) is 0 Å². The molecule has 0 aliphatic carbocycles. The fraction of sp³-hybridized carbons (Fsp3) is 1.00. The molecule has 5 nitrogen and oxygen atoms in total. The van der Waals surface area contributed by atoms with Crippen LogP contribution in [0, 0.1) is 0 Å². The molecule has 0 radical (unpaired) electrons. The second-order valence-corrected chi connectivity index (χ2v) is 5.80. The number of unbranched alkanes of at least 4 members (excludes halogenated alkanes) is 2. The summed E-state index contributed by atoms with van der Waals surface area (Å²) in [5, 5.41) is -0.466. The van der Waals surface area contributed by atoms with E-state index in [9.17, 15) is 8.42 Å². The zero-order valence-electron chi connectivity index (χ0n) is 10.2. The molecule has 0 heterocycles. The Balaban J connectivity index is 3.74. The number of rotatable bonds is 10. The third-order valence-corrected chi connectivity index (χ3v) is 4.50. The van der Waals surface area contributed by atoms with Crippen LogP contribution in [0.15, 0.2) is 0 Å². The summed E-state index contributed by atoms with van der Waals surface area (Å²) < 4.78 is 30.8. The van der Waals surface area contributed by atoms with Crippen molar-refractivity contribution in [2.45, 2.75) is 37.9 Å². The van der Waals surface area contributed by atoms with Gasteiger partial charge >= 0.3 is 0 Å². The molecular weight excluding hydrogens is 228 g/mol. The summed E-state index contributed by atoms with van der Waals surface area (Å²) in [6, 6.07) is 0. The normalized spacial score (nSPS) is 13.9. The van der Waals surface area contributed by atoms with Gasteiger partial charge in [-0.2, -0.15) is 0 Å². The fourth-order valence-corrected chi connectivity index (χ4v) is 2.75. The Kier molecular flexibility index (Phi) is 8.83. The van der Waals surface area contributed by atoms with E-state index < -0.39 is 15.3 Å². The van der Waals surface area contributed by atoms with Crippen molar-refractivity contribution in [1.29, 1.82) is 0 Å². The van der Waals surface area contributed by atoms with Gasteiger partial charge in [0.25, 0.3) is 0 Å². The highest BCUT2D eigenvalue weighted by Crippen LogP contribution is 2.03. The van der Waals surface area contributed by atoms with Crippen molar-refractivity contribution >= 4 is 10.0 Å². The van der Waals surface area contributed by atoms with Crippen molar-refractivity contribution in [3.05, 3.63) is 0 Å². The first-order valence-electron chi connectivity index (χ1n) is 5.76. The predicted molar refractivity (Wildman–Crippen MR) is 65.8 cm³/mol. The first-order valence-corrected chi connectivity index (χ1v) is 7.30. The Morgan fingerprint density at radius 3 is 2.50 bits per heavy atom. The first kappa shape index (κ1) is 15.8. The highest BCUT2D eigenvalue weighted by atomic mass is 32.2. The van der Waals surface area contributed by atoms with Crippen molar-refractivity contribution in [1.82, 2.24) is 4.72 Å². The van der Waals surface area contributed by atoms with Gasteiger partial charge < -0.3 is 10.5 Å². The van der Waals surface area contributed by atoms with Crippen molar-refractivity contribution in [2.75, 3.05) is 26.8 Å². The minimum absolute atomic E-state index is 0.176. The standard InChI is InChI=1S/C10H24N2O3S/c1-3-10(9-11)16(13,14)12-7-5-4-6-8-15-2/h10,12H,3-9,11H2,1-2H3. The molecule has 0 fully saturated rings. The molecule has 6 heteroatoms. The SMILES string of the molecule is CCC(CN)S(=O)(=O)NCCCCCOC. The lowest BCUT2D eigenvalue weighted by molar-refractivity contribution is 0.192. The highest BCUT2D eigenvalue weighted by Gasteiger charge is 2.20. The van der Waals surface area contributed by atoms with Crippen LogP contribution >= 0.6 is 0 Å². The zero-order chi connectivity index (χ0) is 12.4. The average molecular weight is 252 g/mol. The third kappa shape index (κ3) is 6.42. The fourth-order valence-electron chi connectivity index (χ4n) is 1.39. The molecule has 0 aliphatic heterocycles. The quantitative estimate of drug-likeness (QED) is 0.553. The Hall–Kier alpha value is -0.170. The van der Waals surface area contributed by atoms with Gasteiger partial charge in [0, 0.05) is 26.8 Å². The largest absolute Gasteiger partial charge is 0.385 e. The van der Waals surface area contributed by atoms with E-state index in [1.807, 2.05) is 6.92 Å². The second-order valence-electron chi connectivity index (χ2n) is 3.76. The average Bonchev–Trinajstić information content (AvgIpc) is 2.24. The van der Waals surface area contributed by atoms with E-state index in [0.717, 1.165) is 25.9 Å². The van der Waals surface area contributed by atoms with Crippen LogP contribution in [0.5, 0.6) is 0 Å². The summed E-state index contributed by atoms with van der Waals surface area (Å²) in [5.41, 5.74) is 5.40. The molecule has 0 bridgehead atoms. The van der Waals surface area contributed by atoms with E-state index in [4.69, 9.17) is 10.5 Å². The maximum absolute atomic E-state index is 11.7. The monoisotopic (exact) mass is 252 g/mol. The molecule has 0 spiro atoms. The number of hydrogen-bond acceptors (Lipinski definition) is 4. The molecular formula is C10H24N2O3S. The smallest absolute Gasteiger partial charge is 0.215 e. The predicted octanol–water partition coefficient (Wildman–Crippen LogP) is 0.460. The van der Waals surface area contributed by atoms with E-state index >= 15 is 0 Å². The van der Waals surface area contributed by atoms with Crippen LogP contribution in [0.25, 0.3) is 0 Å². The number of ether oxygens (including phenoxy) is 1. The van der Waals surface area contributed by atoms with Crippen LogP contribution in [0.2, 0.25) is 0 Å². The maximum Gasteiger partial charge on any atom is 0.215 e. The molecule has 98 valence electrons. The van der Waals surface area contributed by atoms with Gasteiger partial charge in [-0.15, -0.1) is 0 Å². The lowest BCUT2D eigenvalue weighted by Gasteiger charge is -2.14. The lowest BCUT2D eigenvalue weighted by Crippen LogP contribution is -2.39. The van der Waals surface area contributed by atoms with Gasteiger partial charge in [-0.25, -0.2) is 13.1 Å². The van der Waals surface area contributed by atoms with Gasteiger partial charge in [0.05, 0.1) is 5.25 Å². The van der Waals surface area contributed by atoms with Gasteiger partial charge in [0.2, 0.25) is 10.0 Å². The number of nitrogens with one attached hydrogen (secondary N) is 1. The van der Waals surface area contributed by atoms with Gasteiger partial charge in [-0.05, 0) is 25.7 Å². The summed E-state index contributed by atoms with van der Waals surface area (Å²) in [6.07, 6.45) is 3.32. The van der Waals surface area contributed by atoms with Crippen molar-refractivity contribution in [3.8, 4) is 0 Å². The molecule has 1 atom stereocenters. The first-order chi connectivity index (χ1) is 7.58. The molecule has 0 aromatic carbocycles. The van der Waals surface area contributed by atoms with Crippen molar-refractivity contribution < 1.29 is 13.2 Å². The highest BCUT2D eigenvalue weighted by molar-refractivity contribution is 7.90. The molecule has 0 saturated heterocycles. The summed E-state index contributed by atoms with van der Waals surface area (Å²) in [4.78, 5) is 0. The molecule has 3 N–H and O–H groups in total. The van der Waals surface area contributed by atoms with E-state index in [2.05, 4.69) is 4.72 Å². The van der Waals surface area contributed by atoms with E-state index in [-0.39, 0.29) is 6.54 Å². The van der Waals surface area contributed by atoms with Crippen molar-refractivity contribution in [2.24, 2.45) is 5.73 Å². The van der Waals surface area contributed by atoms with Crippen LogP contribution in [0.3, 0.4) is 0 Å². The molecule has 0 aliphatic rings. The lowest BCUT2D eigenvalue weighted by atomic mass is 10.2. The van der Waals surface area contributed by atoms with E-state index in [0.29, 0.717) is 13.0 Å². The number of nitrogens with two attached hydrogens (primary N) is 1. The molecule has 1 unspecified atom stereocenters.